The Morgan fingerprint density at radius 2 is 2.21 bits per heavy atom. The van der Waals surface area contributed by atoms with E-state index >= 15 is 0 Å². The number of hydrogen-bond acceptors (Lipinski definition) is 2. The van der Waals surface area contributed by atoms with Crippen LogP contribution in [0.3, 0.4) is 0 Å². The molecule has 0 aliphatic carbocycles. The molecule has 1 aromatic carbocycles. The minimum atomic E-state index is -0.267. The zero-order chi connectivity index (χ0) is 13.5. The van der Waals surface area contributed by atoms with Gasteiger partial charge in [-0.15, -0.1) is 0 Å². The lowest BCUT2D eigenvalue weighted by molar-refractivity contribution is -0.121. The molecule has 1 heterocycles. The fraction of sp³-hybridized carbons (Fsp3) is 0.286. The summed E-state index contributed by atoms with van der Waals surface area (Å²) >= 11 is 0. The van der Waals surface area contributed by atoms with E-state index in [9.17, 15) is 9.18 Å². The van der Waals surface area contributed by atoms with Gasteiger partial charge in [-0.1, -0.05) is 12.1 Å². The Kier molecular flexibility index (Phi) is 4.66. The smallest absolute Gasteiger partial charge is 0.220 e. The molecule has 0 saturated carbocycles. The molecular formula is C14H16FN3O. The van der Waals surface area contributed by atoms with E-state index in [2.05, 4.69) is 15.5 Å². The minimum Gasteiger partial charge on any atom is -0.356 e. The van der Waals surface area contributed by atoms with Gasteiger partial charge in [0.1, 0.15) is 5.82 Å². The summed E-state index contributed by atoms with van der Waals surface area (Å²) in [6.45, 7) is 0.574. The normalized spacial score (nSPS) is 10.4. The van der Waals surface area contributed by atoms with Crippen LogP contribution in [0.5, 0.6) is 0 Å². The summed E-state index contributed by atoms with van der Waals surface area (Å²) in [7, 11) is 0. The highest BCUT2D eigenvalue weighted by Gasteiger charge is 2.03. The van der Waals surface area contributed by atoms with E-state index in [-0.39, 0.29) is 11.7 Å². The monoisotopic (exact) mass is 261 g/mol. The molecule has 5 heteroatoms. The molecular weight excluding hydrogens is 245 g/mol. The second kappa shape index (κ2) is 6.68. The fourth-order valence-electron chi connectivity index (χ4n) is 1.80. The second-order valence-electron chi connectivity index (χ2n) is 4.31. The lowest BCUT2D eigenvalue weighted by atomic mass is 10.1. The molecule has 0 unspecified atom stereocenters. The summed E-state index contributed by atoms with van der Waals surface area (Å²) in [5, 5.41) is 9.49. The molecule has 2 aromatic rings. The van der Waals surface area contributed by atoms with E-state index in [1.807, 2.05) is 12.1 Å². The Bertz CT molecular complexity index is 525. The van der Waals surface area contributed by atoms with Crippen molar-refractivity contribution in [2.45, 2.75) is 19.3 Å². The number of H-pyrrole nitrogens is 1. The van der Waals surface area contributed by atoms with Crippen molar-refractivity contribution in [3.8, 4) is 0 Å². The van der Waals surface area contributed by atoms with E-state index in [4.69, 9.17) is 0 Å². The lowest BCUT2D eigenvalue weighted by Gasteiger charge is -2.04. The number of halogens is 1. The van der Waals surface area contributed by atoms with Gasteiger partial charge < -0.3 is 5.32 Å². The number of aromatic nitrogens is 2. The third kappa shape index (κ3) is 4.54. The highest BCUT2D eigenvalue weighted by molar-refractivity contribution is 5.76. The summed E-state index contributed by atoms with van der Waals surface area (Å²) in [6.07, 6.45) is 3.33. The molecule has 0 bridgehead atoms. The molecule has 0 fully saturated rings. The quantitative estimate of drug-likeness (QED) is 0.833. The van der Waals surface area contributed by atoms with Crippen LogP contribution in [0.2, 0.25) is 0 Å². The molecule has 1 amide bonds. The molecule has 0 aliphatic heterocycles. The van der Waals surface area contributed by atoms with E-state index in [0.29, 0.717) is 19.4 Å². The first-order valence-corrected chi connectivity index (χ1v) is 6.23. The SMILES string of the molecule is O=C(CCc1cccc(F)c1)NCCc1ccn[nH]1. The van der Waals surface area contributed by atoms with Crippen molar-refractivity contribution >= 4 is 5.91 Å². The van der Waals surface area contributed by atoms with Crippen molar-refractivity contribution in [2.75, 3.05) is 6.54 Å². The molecule has 2 N–H and O–H groups in total. The molecule has 100 valence electrons. The number of hydrogen-bond donors (Lipinski definition) is 2. The number of aromatic amines is 1. The topological polar surface area (TPSA) is 57.8 Å². The minimum absolute atomic E-state index is 0.0243. The van der Waals surface area contributed by atoms with Gasteiger partial charge in [0.2, 0.25) is 5.91 Å². The predicted molar refractivity (Wildman–Crippen MR) is 70.0 cm³/mol. The Balaban J connectivity index is 1.67. The van der Waals surface area contributed by atoms with Crippen LogP contribution in [0.1, 0.15) is 17.7 Å². The summed E-state index contributed by atoms with van der Waals surface area (Å²) in [5.74, 6) is -0.291. The van der Waals surface area contributed by atoms with Crippen molar-refractivity contribution in [1.82, 2.24) is 15.5 Å². The van der Waals surface area contributed by atoms with Gasteiger partial charge >= 0.3 is 0 Å². The van der Waals surface area contributed by atoms with Crippen molar-refractivity contribution in [3.05, 3.63) is 53.6 Å². The third-order valence-electron chi connectivity index (χ3n) is 2.80. The van der Waals surface area contributed by atoms with Crippen LogP contribution in [0, 0.1) is 5.82 Å². The number of nitrogens with zero attached hydrogens (tertiary/aromatic N) is 1. The zero-order valence-corrected chi connectivity index (χ0v) is 10.5. The van der Waals surface area contributed by atoms with E-state index < -0.39 is 0 Å². The van der Waals surface area contributed by atoms with Crippen LogP contribution >= 0.6 is 0 Å². The van der Waals surface area contributed by atoms with Crippen LogP contribution in [-0.4, -0.2) is 22.6 Å². The first-order valence-electron chi connectivity index (χ1n) is 6.23. The van der Waals surface area contributed by atoms with Gasteiger partial charge in [-0.3, -0.25) is 9.89 Å². The van der Waals surface area contributed by atoms with Crippen LogP contribution < -0.4 is 5.32 Å². The Morgan fingerprint density at radius 1 is 1.32 bits per heavy atom. The first-order chi connectivity index (χ1) is 9.24. The predicted octanol–water partition coefficient (Wildman–Crippen LogP) is 1.84. The maximum absolute atomic E-state index is 12.9. The zero-order valence-electron chi connectivity index (χ0n) is 10.5. The third-order valence-corrected chi connectivity index (χ3v) is 2.80. The summed E-state index contributed by atoms with van der Waals surface area (Å²) in [6, 6.07) is 8.20. The number of carbonyl (C=O) groups excluding carboxylic acids is 1. The molecule has 0 spiro atoms. The van der Waals surface area contributed by atoms with Gasteiger partial charge in [0.05, 0.1) is 0 Å². The molecule has 2 rings (SSSR count). The summed E-state index contributed by atoms with van der Waals surface area (Å²) in [4.78, 5) is 11.6. The Morgan fingerprint density at radius 3 is 2.95 bits per heavy atom. The van der Waals surface area contributed by atoms with Gasteiger partial charge in [0, 0.05) is 31.3 Å². The van der Waals surface area contributed by atoms with Gasteiger partial charge in [0.25, 0.3) is 0 Å². The average Bonchev–Trinajstić information content (AvgIpc) is 2.90. The Labute approximate surface area is 111 Å². The van der Waals surface area contributed by atoms with Crippen molar-refractivity contribution in [2.24, 2.45) is 0 Å². The number of nitrogens with one attached hydrogen (secondary N) is 2. The van der Waals surface area contributed by atoms with Crippen LogP contribution in [0.25, 0.3) is 0 Å². The van der Waals surface area contributed by atoms with Gasteiger partial charge in [-0.2, -0.15) is 5.10 Å². The number of carbonyl (C=O) groups is 1. The van der Waals surface area contributed by atoms with E-state index in [1.165, 1.54) is 12.1 Å². The Hall–Kier alpha value is -2.17. The lowest BCUT2D eigenvalue weighted by Crippen LogP contribution is -2.25. The fourth-order valence-corrected chi connectivity index (χ4v) is 1.80. The second-order valence-corrected chi connectivity index (χ2v) is 4.31. The summed E-state index contributed by atoms with van der Waals surface area (Å²) in [5.41, 5.74) is 1.83. The van der Waals surface area contributed by atoms with Gasteiger partial charge in [-0.05, 0) is 30.2 Å². The van der Waals surface area contributed by atoms with E-state index in [1.54, 1.807) is 12.3 Å². The van der Waals surface area contributed by atoms with Crippen LogP contribution in [-0.2, 0) is 17.6 Å². The van der Waals surface area contributed by atoms with Crippen LogP contribution in [0.15, 0.2) is 36.5 Å². The molecule has 0 aliphatic rings. The van der Waals surface area contributed by atoms with Crippen molar-refractivity contribution in [1.29, 1.82) is 0 Å². The standard InChI is InChI=1S/C14H16FN3O/c15-12-3-1-2-11(10-12)4-5-14(19)16-8-6-13-7-9-17-18-13/h1-3,7,9-10H,4-6,8H2,(H,16,19)(H,17,18). The number of aryl methyl sites for hydroxylation is 1. The van der Waals surface area contributed by atoms with E-state index in [0.717, 1.165) is 17.7 Å². The highest BCUT2D eigenvalue weighted by Crippen LogP contribution is 2.06. The molecule has 0 saturated heterocycles. The van der Waals surface area contributed by atoms with Crippen molar-refractivity contribution < 1.29 is 9.18 Å². The number of rotatable bonds is 6. The maximum atomic E-state index is 12.9. The van der Waals surface area contributed by atoms with Crippen LogP contribution in [0.4, 0.5) is 4.39 Å². The number of amides is 1. The van der Waals surface area contributed by atoms with Gasteiger partial charge in [-0.25, -0.2) is 4.39 Å². The average molecular weight is 261 g/mol. The molecule has 0 radical (unpaired) electrons. The molecule has 4 nitrogen and oxygen atoms in total. The molecule has 19 heavy (non-hydrogen) atoms. The van der Waals surface area contributed by atoms with Crippen molar-refractivity contribution in [3.63, 3.8) is 0 Å². The maximum Gasteiger partial charge on any atom is 0.220 e. The first kappa shape index (κ1) is 13.3. The number of benzene rings is 1. The largest absolute Gasteiger partial charge is 0.356 e. The van der Waals surface area contributed by atoms with Gasteiger partial charge in [0.15, 0.2) is 0 Å². The molecule has 0 atom stereocenters. The highest BCUT2D eigenvalue weighted by atomic mass is 19.1. The summed E-state index contributed by atoms with van der Waals surface area (Å²) < 4.78 is 12.9. The molecule has 1 aromatic heterocycles.